The zero-order valence-corrected chi connectivity index (χ0v) is 15.2. The molecule has 1 aliphatic heterocycles. The smallest absolute Gasteiger partial charge is 0.355 e. The number of likely N-dealkylation sites (tertiary alicyclic amines) is 1. The van der Waals surface area contributed by atoms with Crippen molar-refractivity contribution in [2.45, 2.75) is 23.2 Å². The van der Waals surface area contributed by atoms with Crippen molar-refractivity contribution in [1.82, 2.24) is 9.88 Å². The van der Waals surface area contributed by atoms with Crippen molar-refractivity contribution in [2.24, 2.45) is 0 Å². The number of aromatic carboxylic acids is 1. The van der Waals surface area contributed by atoms with Crippen molar-refractivity contribution in [2.75, 3.05) is 24.2 Å². The van der Waals surface area contributed by atoms with E-state index < -0.39 is 5.97 Å². The quantitative estimate of drug-likeness (QED) is 0.688. The Hall–Kier alpha value is -2.06. The van der Waals surface area contributed by atoms with E-state index in [0.717, 1.165) is 23.0 Å². The second-order valence-corrected chi connectivity index (χ2v) is 7.88. The first kappa shape index (κ1) is 17.8. The molecule has 1 saturated heterocycles. The molecule has 1 aromatic carbocycles. The van der Waals surface area contributed by atoms with Gasteiger partial charge < -0.3 is 15.3 Å². The molecule has 2 heterocycles. The summed E-state index contributed by atoms with van der Waals surface area (Å²) in [5.74, 6) is -0.115. The maximum absolute atomic E-state index is 12.1. The minimum atomic E-state index is -1.01. The topological polar surface area (TPSA) is 82.5 Å². The van der Waals surface area contributed by atoms with Gasteiger partial charge in [0.05, 0.1) is 0 Å². The second-order valence-electron chi connectivity index (χ2n) is 5.68. The molecule has 0 saturated carbocycles. The van der Waals surface area contributed by atoms with E-state index in [1.807, 2.05) is 35.2 Å². The third-order valence-corrected chi connectivity index (χ3v) is 6.03. The molecule has 132 valence electrons. The van der Waals surface area contributed by atoms with E-state index in [1.165, 1.54) is 28.5 Å². The first-order chi connectivity index (χ1) is 12.1. The molecule has 2 aromatic rings. The van der Waals surface area contributed by atoms with Gasteiger partial charge in [-0.25, -0.2) is 9.78 Å². The fourth-order valence-corrected chi connectivity index (χ4v) is 4.57. The van der Waals surface area contributed by atoms with Crippen LogP contribution in [-0.4, -0.2) is 51.8 Å². The summed E-state index contributed by atoms with van der Waals surface area (Å²) >= 11 is 2.82. The van der Waals surface area contributed by atoms with Crippen molar-refractivity contribution in [3.05, 3.63) is 41.4 Å². The molecular formula is C17H19N3O3S2. The van der Waals surface area contributed by atoms with Gasteiger partial charge >= 0.3 is 5.97 Å². The summed E-state index contributed by atoms with van der Waals surface area (Å²) < 4.78 is 0.725. The number of amides is 1. The van der Waals surface area contributed by atoms with E-state index in [-0.39, 0.29) is 17.6 Å². The highest BCUT2D eigenvalue weighted by Gasteiger charge is 2.30. The summed E-state index contributed by atoms with van der Waals surface area (Å²) in [7, 11) is 0. The van der Waals surface area contributed by atoms with Crippen LogP contribution >= 0.6 is 23.1 Å². The summed E-state index contributed by atoms with van der Waals surface area (Å²) in [6.45, 7) is 1.38. The third kappa shape index (κ3) is 4.73. The number of hydrogen-bond donors (Lipinski definition) is 2. The highest BCUT2D eigenvalue weighted by molar-refractivity contribution is 8.01. The minimum Gasteiger partial charge on any atom is -0.476 e. The summed E-state index contributed by atoms with van der Waals surface area (Å²) in [6, 6.07) is 10.2. The third-order valence-electron chi connectivity index (χ3n) is 4.03. The molecule has 0 aliphatic carbocycles. The van der Waals surface area contributed by atoms with Crippen LogP contribution in [0.5, 0.6) is 0 Å². The maximum atomic E-state index is 12.1. The number of thiazole rings is 1. The average Bonchev–Trinajstić information content (AvgIpc) is 3.22. The van der Waals surface area contributed by atoms with Gasteiger partial charge in [0.2, 0.25) is 5.91 Å². The molecule has 0 spiro atoms. The van der Waals surface area contributed by atoms with Gasteiger partial charge in [-0.3, -0.25) is 4.79 Å². The predicted molar refractivity (Wildman–Crippen MR) is 99.5 cm³/mol. The Kier molecular flexibility index (Phi) is 5.93. The molecular weight excluding hydrogens is 358 g/mol. The van der Waals surface area contributed by atoms with Crippen LogP contribution in [0.4, 0.5) is 5.69 Å². The lowest BCUT2D eigenvalue weighted by atomic mass is 10.2. The van der Waals surface area contributed by atoms with Gasteiger partial charge in [0.15, 0.2) is 10.0 Å². The molecule has 1 atom stereocenters. The molecule has 1 aromatic heterocycles. The van der Waals surface area contributed by atoms with E-state index in [9.17, 15) is 9.59 Å². The first-order valence-electron chi connectivity index (χ1n) is 8.03. The number of rotatable bonds is 8. The fourth-order valence-electron chi connectivity index (χ4n) is 2.76. The normalized spacial score (nSPS) is 17.0. The van der Waals surface area contributed by atoms with Gasteiger partial charge in [0, 0.05) is 42.4 Å². The van der Waals surface area contributed by atoms with Gasteiger partial charge in [-0.2, -0.15) is 0 Å². The van der Waals surface area contributed by atoms with E-state index in [0.29, 0.717) is 18.7 Å². The summed E-state index contributed by atoms with van der Waals surface area (Å²) in [5.41, 5.74) is 1.13. The van der Waals surface area contributed by atoms with Crippen molar-refractivity contribution < 1.29 is 14.7 Å². The predicted octanol–water partition coefficient (Wildman–Crippen LogP) is 3.04. The largest absolute Gasteiger partial charge is 0.476 e. The molecule has 2 N–H and O–H groups in total. The van der Waals surface area contributed by atoms with Crippen LogP contribution in [0.3, 0.4) is 0 Å². The number of thioether (sulfide) groups is 1. The van der Waals surface area contributed by atoms with Crippen LogP contribution in [0, 0.1) is 0 Å². The number of carboxylic acid groups (broad SMARTS) is 1. The van der Waals surface area contributed by atoms with E-state index in [1.54, 1.807) is 0 Å². The lowest BCUT2D eigenvalue weighted by Crippen LogP contribution is -2.39. The Bertz CT molecular complexity index is 736. The number of carbonyl (C=O) groups is 2. The van der Waals surface area contributed by atoms with Gasteiger partial charge in [-0.1, -0.05) is 30.0 Å². The Labute approximate surface area is 154 Å². The van der Waals surface area contributed by atoms with Crippen LogP contribution in [-0.2, 0) is 4.79 Å². The molecule has 1 fully saturated rings. The first-order valence-corrected chi connectivity index (χ1v) is 9.90. The zero-order chi connectivity index (χ0) is 17.6. The standard InChI is InChI=1S/C17H19N3O3S2/c21-15-7-6-13(10-18-12-4-2-1-3-5-12)20(15)8-9-24-17-19-14(11-25-17)16(22)23/h1-5,11,13,18H,6-10H2,(H,22,23)/t13-/m1/s1. The summed E-state index contributed by atoms with van der Waals surface area (Å²) in [5, 5.41) is 13.8. The number of nitrogens with one attached hydrogen (secondary N) is 1. The van der Waals surface area contributed by atoms with Gasteiger partial charge in [-0.15, -0.1) is 11.3 Å². The number of para-hydroxylation sites is 1. The Morgan fingerprint density at radius 3 is 2.92 bits per heavy atom. The number of benzene rings is 1. The minimum absolute atomic E-state index is 0.0784. The Balaban J connectivity index is 1.49. The maximum Gasteiger partial charge on any atom is 0.355 e. The van der Waals surface area contributed by atoms with Crippen molar-refractivity contribution in [3.63, 3.8) is 0 Å². The van der Waals surface area contributed by atoms with Gasteiger partial charge in [0.1, 0.15) is 0 Å². The molecule has 0 bridgehead atoms. The summed E-state index contributed by atoms with van der Waals surface area (Å²) in [6.07, 6.45) is 1.45. The molecule has 6 nitrogen and oxygen atoms in total. The molecule has 1 amide bonds. The van der Waals surface area contributed by atoms with E-state index >= 15 is 0 Å². The summed E-state index contributed by atoms with van der Waals surface area (Å²) in [4.78, 5) is 29.0. The molecule has 3 rings (SSSR count). The molecule has 0 unspecified atom stereocenters. The van der Waals surface area contributed by atoms with Crippen molar-refractivity contribution in [1.29, 1.82) is 0 Å². The molecule has 0 radical (unpaired) electrons. The number of nitrogens with zero attached hydrogens (tertiary/aromatic N) is 2. The SMILES string of the molecule is O=C(O)c1csc(SCCN2C(=O)CC[C@@H]2CNc2ccccc2)n1. The average molecular weight is 377 g/mol. The number of carboxylic acids is 1. The number of hydrogen-bond acceptors (Lipinski definition) is 6. The van der Waals surface area contributed by atoms with Crippen molar-refractivity contribution in [3.8, 4) is 0 Å². The van der Waals surface area contributed by atoms with Gasteiger partial charge in [0.25, 0.3) is 0 Å². The van der Waals surface area contributed by atoms with Crippen LogP contribution < -0.4 is 5.32 Å². The second kappa shape index (κ2) is 8.35. The van der Waals surface area contributed by atoms with Crippen LogP contribution in [0.15, 0.2) is 40.1 Å². The number of aromatic nitrogens is 1. The highest BCUT2D eigenvalue weighted by Crippen LogP contribution is 2.25. The van der Waals surface area contributed by atoms with Crippen LogP contribution in [0.2, 0.25) is 0 Å². The van der Waals surface area contributed by atoms with E-state index in [4.69, 9.17) is 5.11 Å². The Morgan fingerprint density at radius 1 is 1.40 bits per heavy atom. The number of carbonyl (C=O) groups excluding carboxylic acids is 1. The van der Waals surface area contributed by atoms with Crippen molar-refractivity contribution >= 4 is 40.7 Å². The van der Waals surface area contributed by atoms with E-state index in [2.05, 4.69) is 10.3 Å². The lowest BCUT2D eigenvalue weighted by molar-refractivity contribution is -0.128. The van der Waals surface area contributed by atoms with Crippen LogP contribution in [0.25, 0.3) is 0 Å². The monoisotopic (exact) mass is 377 g/mol. The number of anilines is 1. The van der Waals surface area contributed by atoms with Crippen LogP contribution in [0.1, 0.15) is 23.3 Å². The van der Waals surface area contributed by atoms with Gasteiger partial charge in [-0.05, 0) is 18.6 Å². The molecule has 8 heteroatoms. The highest BCUT2D eigenvalue weighted by atomic mass is 32.2. The zero-order valence-electron chi connectivity index (χ0n) is 13.6. The fraction of sp³-hybridized carbons (Fsp3) is 0.353. The molecule has 25 heavy (non-hydrogen) atoms. The lowest BCUT2D eigenvalue weighted by Gasteiger charge is -2.25. The molecule has 1 aliphatic rings. The Morgan fingerprint density at radius 2 is 2.20 bits per heavy atom.